The lowest BCUT2D eigenvalue weighted by molar-refractivity contribution is -0.145. The Morgan fingerprint density at radius 1 is 1.39 bits per heavy atom. The van der Waals surface area contributed by atoms with Gasteiger partial charge in [-0.15, -0.1) is 0 Å². The molecule has 1 unspecified atom stereocenters. The van der Waals surface area contributed by atoms with Crippen LogP contribution in [0.4, 0.5) is 13.2 Å². The van der Waals surface area contributed by atoms with E-state index in [1.54, 1.807) is 0 Å². The minimum absolute atomic E-state index is 0.0281. The van der Waals surface area contributed by atoms with Crippen molar-refractivity contribution in [3.05, 3.63) is 30.1 Å². The van der Waals surface area contributed by atoms with Crippen LogP contribution in [0.2, 0.25) is 0 Å². The van der Waals surface area contributed by atoms with Gasteiger partial charge in [-0.2, -0.15) is 13.2 Å². The first-order chi connectivity index (χ1) is 8.57. The van der Waals surface area contributed by atoms with Gasteiger partial charge in [0.25, 0.3) is 0 Å². The third-order valence-corrected chi connectivity index (χ3v) is 3.18. The lowest BCUT2D eigenvalue weighted by atomic mass is 10.0. The lowest BCUT2D eigenvalue weighted by Gasteiger charge is -2.04. The summed E-state index contributed by atoms with van der Waals surface area (Å²) in [5.41, 5.74) is 0.930. The number of aromatic nitrogens is 3. The van der Waals surface area contributed by atoms with Crippen molar-refractivity contribution in [3.8, 4) is 0 Å². The highest BCUT2D eigenvalue weighted by Crippen LogP contribution is 2.33. The second-order valence-electron chi connectivity index (χ2n) is 4.34. The molecule has 0 saturated carbocycles. The summed E-state index contributed by atoms with van der Waals surface area (Å²) in [5, 5.41) is 3.13. The van der Waals surface area contributed by atoms with E-state index in [4.69, 9.17) is 0 Å². The number of imidazole rings is 1. The smallest absolute Gasteiger partial charge is 0.316 e. The molecule has 0 spiro atoms. The third-order valence-electron chi connectivity index (χ3n) is 3.18. The summed E-state index contributed by atoms with van der Waals surface area (Å²) < 4.78 is 39.8. The van der Waals surface area contributed by atoms with Crippen LogP contribution in [0.5, 0.6) is 0 Å². The molecule has 1 aliphatic heterocycles. The SMILES string of the molecule is FC(F)(F)c1nc(C2CCNC2)c2cnccn12. The molecule has 0 aliphatic carbocycles. The maximum atomic E-state index is 12.9. The molecular formula is C11H11F3N4. The molecule has 1 atom stereocenters. The number of halogens is 3. The van der Waals surface area contributed by atoms with E-state index in [9.17, 15) is 13.2 Å². The molecule has 3 heterocycles. The summed E-state index contributed by atoms with van der Waals surface area (Å²) in [6.07, 6.45) is 0.431. The third kappa shape index (κ3) is 1.74. The fourth-order valence-electron chi connectivity index (χ4n) is 2.35. The molecule has 2 aromatic rings. The van der Waals surface area contributed by atoms with Crippen LogP contribution in [-0.2, 0) is 6.18 Å². The zero-order valence-electron chi connectivity index (χ0n) is 9.41. The Bertz CT molecular complexity index is 569. The highest BCUT2D eigenvalue weighted by atomic mass is 19.4. The largest absolute Gasteiger partial charge is 0.450 e. The van der Waals surface area contributed by atoms with Gasteiger partial charge >= 0.3 is 6.18 Å². The summed E-state index contributed by atoms with van der Waals surface area (Å²) in [6.45, 7) is 1.48. The Morgan fingerprint density at radius 3 is 2.89 bits per heavy atom. The number of nitrogens with one attached hydrogen (secondary N) is 1. The molecule has 3 rings (SSSR count). The second kappa shape index (κ2) is 3.94. The molecule has 1 saturated heterocycles. The Morgan fingerprint density at radius 2 is 2.22 bits per heavy atom. The van der Waals surface area contributed by atoms with Gasteiger partial charge in [-0.05, 0) is 13.0 Å². The number of rotatable bonds is 1. The van der Waals surface area contributed by atoms with Gasteiger partial charge in [0, 0.05) is 24.9 Å². The average molecular weight is 256 g/mol. The molecule has 4 nitrogen and oxygen atoms in total. The summed E-state index contributed by atoms with van der Waals surface area (Å²) in [6, 6.07) is 0. The zero-order valence-corrected chi connectivity index (χ0v) is 9.41. The van der Waals surface area contributed by atoms with E-state index in [0.29, 0.717) is 17.8 Å². The van der Waals surface area contributed by atoms with Crippen molar-refractivity contribution >= 4 is 5.52 Å². The summed E-state index contributed by atoms with van der Waals surface area (Å²) in [5.74, 6) is -0.845. The molecule has 0 amide bonds. The van der Waals surface area contributed by atoms with Crippen molar-refractivity contribution < 1.29 is 13.2 Å². The number of hydrogen-bond donors (Lipinski definition) is 1. The summed E-state index contributed by atoms with van der Waals surface area (Å²) in [4.78, 5) is 7.69. The van der Waals surface area contributed by atoms with Gasteiger partial charge in [-0.3, -0.25) is 9.38 Å². The highest BCUT2D eigenvalue weighted by molar-refractivity contribution is 5.53. The quantitative estimate of drug-likeness (QED) is 0.846. The predicted octanol–water partition coefficient (Wildman–Crippen LogP) is 1.82. The Labute approximate surface area is 101 Å². The van der Waals surface area contributed by atoms with Gasteiger partial charge in [0.15, 0.2) is 0 Å². The fourth-order valence-corrected chi connectivity index (χ4v) is 2.35. The normalized spacial score (nSPS) is 20.7. The molecule has 1 N–H and O–H groups in total. The van der Waals surface area contributed by atoms with E-state index in [2.05, 4.69) is 15.3 Å². The van der Waals surface area contributed by atoms with Crippen molar-refractivity contribution in [2.45, 2.75) is 18.5 Å². The first-order valence-electron chi connectivity index (χ1n) is 5.67. The Hall–Kier alpha value is -1.63. The number of fused-ring (bicyclic) bond motifs is 1. The first-order valence-corrected chi connectivity index (χ1v) is 5.67. The summed E-state index contributed by atoms with van der Waals surface area (Å²) >= 11 is 0. The fraction of sp³-hybridized carbons (Fsp3) is 0.455. The van der Waals surface area contributed by atoms with E-state index in [1.807, 2.05) is 0 Å². The minimum Gasteiger partial charge on any atom is -0.316 e. The van der Waals surface area contributed by atoms with E-state index in [-0.39, 0.29) is 5.92 Å². The van der Waals surface area contributed by atoms with Crippen LogP contribution in [0.3, 0.4) is 0 Å². The topological polar surface area (TPSA) is 42.2 Å². The molecule has 7 heteroatoms. The molecule has 2 aromatic heterocycles. The van der Waals surface area contributed by atoms with E-state index < -0.39 is 12.0 Å². The van der Waals surface area contributed by atoms with E-state index in [1.165, 1.54) is 18.6 Å². The molecule has 96 valence electrons. The van der Waals surface area contributed by atoms with Crippen LogP contribution in [0.1, 0.15) is 23.9 Å². The maximum Gasteiger partial charge on any atom is 0.450 e. The standard InChI is InChI=1S/C11H11F3N4/c12-11(13,14)10-17-9(7-1-2-15-5-7)8-6-16-3-4-18(8)10/h3-4,6-7,15H,1-2,5H2. The zero-order chi connectivity index (χ0) is 12.8. The Balaban J connectivity index is 2.20. The second-order valence-corrected chi connectivity index (χ2v) is 4.34. The van der Waals surface area contributed by atoms with E-state index >= 15 is 0 Å². The van der Waals surface area contributed by atoms with Crippen LogP contribution in [0.25, 0.3) is 5.52 Å². The van der Waals surface area contributed by atoms with Crippen molar-refractivity contribution in [1.29, 1.82) is 0 Å². The van der Waals surface area contributed by atoms with Gasteiger partial charge in [0.05, 0.1) is 17.4 Å². The molecule has 0 radical (unpaired) electrons. The molecule has 1 fully saturated rings. The number of nitrogens with zero attached hydrogens (tertiary/aromatic N) is 3. The van der Waals surface area contributed by atoms with Crippen LogP contribution in [0.15, 0.2) is 18.6 Å². The molecule has 1 aliphatic rings. The van der Waals surface area contributed by atoms with Gasteiger partial charge in [0.2, 0.25) is 5.82 Å². The van der Waals surface area contributed by atoms with Crippen LogP contribution >= 0.6 is 0 Å². The van der Waals surface area contributed by atoms with Crippen molar-refractivity contribution in [2.75, 3.05) is 13.1 Å². The van der Waals surface area contributed by atoms with Crippen LogP contribution < -0.4 is 5.32 Å². The molecule has 0 aromatic carbocycles. The predicted molar refractivity (Wildman–Crippen MR) is 58.2 cm³/mol. The first kappa shape index (κ1) is 11.5. The minimum atomic E-state index is -4.45. The van der Waals surface area contributed by atoms with E-state index in [0.717, 1.165) is 17.4 Å². The van der Waals surface area contributed by atoms with Crippen LogP contribution in [-0.4, -0.2) is 27.5 Å². The molecule has 0 bridgehead atoms. The highest BCUT2D eigenvalue weighted by Gasteiger charge is 2.38. The summed E-state index contributed by atoms with van der Waals surface area (Å²) in [7, 11) is 0. The van der Waals surface area contributed by atoms with Crippen molar-refractivity contribution in [2.24, 2.45) is 0 Å². The van der Waals surface area contributed by atoms with Gasteiger partial charge in [-0.1, -0.05) is 0 Å². The van der Waals surface area contributed by atoms with Gasteiger partial charge in [-0.25, -0.2) is 4.98 Å². The Kier molecular flexibility index (Phi) is 2.51. The monoisotopic (exact) mass is 256 g/mol. The number of hydrogen-bond acceptors (Lipinski definition) is 3. The molecule has 18 heavy (non-hydrogen) atoms. The lowest BCUT2D eigenvalue weighted by Crippen LogP contribution is -2.11. The van der Waals surface area contributed by atoms with Crippen molar-refractivity contribution in [3.63, 3.8) is 0 Å². The van der Waals surface area contributed by atoms with Gasteiger partial charge in [0.1, 0.15) is 0 Å². The van der Waals surface area contributed by atoms with Crippen molar-refractivity contribution in [1.82, 2.24) is 19.7 Å². The van der Waals surface area contributed by atoms with Crippen LogP contribution in [0, 0.1) is 0 Å². The number of alkyl halides is 3. The maximum absolute atomic E-state index is 12.9. The molecular weight excluding hydrogens is 245 g/mol. The van der Waals surface area contributed by atoms with Gasteiger partial charge < -0.3 is 5.32 Å². The average Bonchev–Trinajstić information content (AvgIpc) is 2.94.